The fourth-order valence-electron chi connectivity index (χ4n) is 1.81. The third-order valence-electron chi connectivity index (χ3n) is 2.92. The van der Waals surface area contributed by atoms with Gasteiger partial charge in [0, 0.05) is 19.3 Å². The minimum absolute atomic E-state index is 0.675. The second kappa shape index (κ2) is 6.15. The molecule has 6 heteroatoms. The SMILES string of the molecule is CCN(CC)CCNc1nc2c(Br)cccn2n1. The summed E-state index contributed by atoms with van der Waals surface area (Å²) < 4.78 is 2.72. The van der Waals surface area contributed by atoms with Gasteiger partial charge in [-0.05, 0) is 41.2 Å². The van der Waals surface area contributed by atoms with E-state index < -0.39 is 0 Å². The van der Waals surface area contributed by atoms with Crippen LogP contribution in [0.4, 0.5) is 5.95 Å². The highest BCUT2D eigenvalue weighted by Crippen LogP contribution is 2.16. The van der Waals surface area contributed by atoms with Crippen molar-refractivity contribution >= 4 is 27.5 Å². The monoisotopic (exact) mass is 311 g/mol. The summed E-state index contributed by atoms with van der Waals surface area (Å²) in [4.78, 5) is 6.80. The molecule has 0 aliphatic carbocycles. The van der Waals surface area contributed by atoms with Crippen molar-refractivity contribution in [2.45, 2.75) is 13.8 Å². The molecule has 2 heterocycles. The van der Waals surface area contributed by atoms with E-state index in [0.717, 1.165) is 36.3 Å². The molecule has 2 aromatic heterocycles. The van der Waals surface area contributed by atoms with Crippen LogP contribution in [0.2, 0.25) is 0 Å². The Morgan fingerprint density at radius 3 is 2.83 bits per heavy atom. The number of anilines is 1. The Hall–Kier alpha value is -1.14. The van der Waals surface area contributed by atoms with Crippen molar-refractivity contribution < 1.29 is 0 Å². The van der Waals surface area contributed by atoms with Crippen LogP contribution >= 0.6 is 15.9 Å². The van der Waals surface area contributed by atoms with Gasteiger partial charge in [-0.3, -0.25) is 0 Å². The Balaban J connectivity index is 1.98. The number of pyridine rings is 1. The van der Waals surface area contributed by atoms with Crippen LogP contribution in [0.15, 0.2) is 22.8 Å². The van der Waals surface area contributed by atoms with Gasteiger partial charge in [0.15, 0.2) is 5.65 Å². The smallest absolute Gasteiger partial charge is 0.243 e. The molecule has 98 valence electrons. The lowest BCUT2D eigenvalue weighted by molar-refractivity contribution is 0.316. The molecule has 0 amide bonds. The van der Waals surface area contributed by atoms with E-state index in [1.807, 2.05) is 18.3 Å². The molecular formula is C12H18BrN5. The van der Waals surface area contributed by atoms with Gasteiger partial charge in [-0.2, -0.15) is 4.98 Å². The quantitative estimate of drug-likeness (QED) is 0.888. The van der Waals surface area contributed by atoms with Gasteiger partial charge in [0.1, 0.15) is 0 Å². The zero-order valence-corrected chi connectivity index (χ0v) is 12.3. The first-order valence-electron chi connectivity index (χ1n) is 6.21. The molecule has 0 aliphatic rings. The van der Waals surface area contributed by atoms with Crippen LogP contribution in [-0.4, -0.2) is 45.7 Å². The van der Waals surface area contributed by atoms with Gasteiger partial charge in [-0.25, -0.2) is 4.52 Å². The lowest BCUT2D eigenvalue weighted by Crippen LogP contribution is -2.28. The second-order valence-electron chi connectivity index (χ2n) is 4.01. The zero-order chi connectivity index (χ0) is 13.0. The summed E-state index contributed by atoms with van der Waals surface area (Å²) in [6.07, 6.45) is 1.89. The van der Waals surface area contributed by atoms with Crippen LogP contribution in [0.25, 0.3) is 5.65 Å². The van der Waals surface area contributed by atoms with E-state index >= 15 is 0 Å². The molecule has 0 aromatic carbocycles. The highest BCUT2D eigenvalue weighted by atomic mass is 79.9. The topological polar surface area (TPSA) is 45.5 Å². The van der Waals surface area contributed by atoms with Crippen molar-refractivity contribution in [2.75, 3.05) is 31.5 Å². The highest BCUT2D eigenvalue weighted by molar-refractivity contribution is 9.10. The summed E-state index contributed by atoms with van der Waals surface area (Å²) >= 11 is 3.46. The average molecular weight is 312 g/mol. The molecule has 18 heavy (non-hydrogen) atoms. The van der Waals surface area contributed by atoms with Gasteiger partial charge in [0.25, 0.3) is 0 Å². The molecule has 0 fully saturated rings. The molecule has 2 aromatic rings. The third kappa shape index (κ3) is 3.00. The minimum atomic E-state index is 0.675. The average Bonchev–Trinajstić information content (AvgIpc) is 2.79. The van der Waals surface area contributed by atoms with Crippen molar-refractivity contribution in [1.29, 1.82) is 0 Å². The van der Waals surface area contributed by atoms with E-state index in [1.54, 1.807) is 4.52 Å². The summed E-state index contributed by atoms with van der Waals surface area (Å²) in [6, 6.07) is 3.90. The molecule has 0 bridgehead atoms. The van der Waals surface area contributed by atoms with Crippen molar-refractivity contribution in [2.24, 2.45) is 0 Å². The third-order valence-corrected chi connectivity index (χ3v) is 3.54. The number of fused-ring (bicyclic) bond motifs is 1. The maximum atomic E-state index is 4.44. The van der Waals surface area contributed by atoms with Gasteiger partial charge in [0.05, 0.1) is 4.47 Å². The summed E-state index contributed by atoms with van der Waals surface area (Å²) in [6.45, 7) is 8.35. The molecule has 0 spiro atoms. The molecule has 5 nitrogen and oxygen atoms in total. The van der Waals surface area contributed by atoms with Crippen LogP contribution in [0, 0.1) is 0 Å². The van der Waals surface area contributed by atoms with Crippen molar-refractivity contribution in [3.05, 3.63) is 22.8 Å². The molecular weight excluding hydrogens is 294 g/mol. The molecule has 0 radical (unpaired) electrons. The summed E-state index contributed by atoms with van der Waals surface area (Å²) in [5.74, 6) is 0.675. The Labute approximate surface area is 115 Å². The molecule has 0 aliphatic heterocycles. The first-order valence-corrected chi connectivity index (χ1v) is 7.01. The van der Waals surface area contributed by atoms with Crippen LogP contribution in [0.1, 0.15) is 13.8 Å². The van der Waals surface area contributed by atoms with Crippen LogP contribution < -0.4 is 5.32 Å². The van der Waals surface area contributed by atoms with E-state index in [1.165, 1.54) is 0 Å². The minimum Gasteiger partial charge on any atom is -0.352 e. The number of hydrogen-bond donors (Lipinski definition) is 1. The standard InChI is InChI=1S/C12H18BrN5/c1-3-17(4-2)9-7-14-12-15-11-10(13)6-5-8-18(11)16-12/h5-6,8H,3-4,7,9H2,1-2H3,(H,14,16). The molecule has 0 saturated heterocycles. The molecule has 0 atom stereocenters. The van der Waals surface area contributed by atoms with E-state index in [2.05, 4.69) is 50.1 Å². The van der Waals surface area contributed by atoms with Gasteiger partial charge >= 0.3 is 0 Å². The largest absolute Gasteiger partial charge is 0.352 e. The number of nitrogens with one attached hydrogen (secondary N) is 1. The fraction of sp³-hybridized carbons (Fsp3) is 0.500. The van der Waals surface area contributed by atoms with E-state index in [9.17, 15) is 0 Å². The maximum Gasteiger partial charge on any atom is 0.243 e. The Morgan fingerprint density at radius 1 is 1.39 bits per heavy atom. The number of aromatic nitrogens is 3. The molecule has 0 unspecified atom stereocenters. The fourth-order valence-corrected chi connectivity index (χ4v) is 2.24. The lowest BCUT2D eigenvalue weighted by Gasteiger charge is -2.17. The number of nitrogens with zero attached hydrogens (tertiary/aromatic N) is 4. The van der Waals surface area contributed by atoms with Crippen molar-refractivity contribution in [3.63, 3.8) is 0 Å². The Morgan fingerprint density at radius 2 is 2.17 bits per heavy atom. The van der Waals surface area contributed by atoms with E-state index in [-0.39, 0.29) is 0 Å². The van der Waals surface area contributed by atoms with Gasteiger partial charge in [-0.15, -0.1) is 5.10 Å². The maximum absolute atomic E-state index is 4.44. The van der Waals surface area contributed by atoms with Crippen LogP contribution in [-0.2, 0) is 0 Å². The van der Waals surface area contributed by atoms with Gasteiger partial charge in [-0.1, -0.05) is 13.8 Å². The second-order valence-corrected chi connectivity index (χ2v) is 4.87. The predicted octanol–water partition coefficient (Wildman–Crippen LogP) is 2.25. The van der Waals surface area contributed by atoms with Gasteiger partial charge < -0.3 is 10.2 Å². The van der Waals surface area contributed by atoms with Crippen molar-refractivity contribution in [1.82, 2.24) is 19.5 Å². The van der Waals surface area contributed by atoms with Crippen LogP contribution in [0.3, 0.4) is 0 Å². The Kier molecular flexibility index (Phi) is 4.54. The predicted molar refractivity (Wildman–Crippen MR) is 77.0 cm³/mol. The zero-order valence-electron chi connectivity index (χ0n) is 10.7. The normalized spacial score (nSPS) is 11.3. The molecule has 2 rings (SSSR count). The molecule has 1 N–H and O–H groups in total. The highest BCUT2D eigenvalue weighted by Gasteiger charge is 2.06. The summed E-state index contributed by atoms with van der Waals surface area (Å²) in [7, 11) is 0. The summed E-state index contributed by atoms with van der Waals surface area (Å²) in [5.41, 5.74) is 0.836. The summed E-state index contributed by atoms with van der Waals surface area (Å²) in [5, 5.41) is 7.62. The molecule has 0 saturated carbocycles. The number of halogens is 1. The van der Waals surface area contributed by atoms with E-state index in [4.69, 9.17) is 0 Å². The van der Waals surface area contributed by atoms with Crippen molar-refractivity contribution in [3.8, 4) is 0 Å². The van der Waals surface area contributed by atoms with Crippen LogP contribution in [0.5, 0.6) is 0 Å². The number of hydrogen-bond acceptors (Lipinski definition) is 4. The lowest BCUT2D eigenvalue weighted by atomic mass is 10.4. The first-order chi connectivity index (χ1) is 8.74. The van der Waals surface area contributed by atoms with E-state index in [0.29, 0.717) is 5.95 Å². The number of rotatable bonds is 6. The Bertz CT molecular complexity index is 506. The number of likely N-dealkylation sites (N-methyl/N-ethyl adjacent to an activating group) is 1. The first kappa shape index (κ1) is 13.3. The van der Waals surface area contributed by atoms with Gasteiger partial charge in [0.2, 0.25) is 5.95 Å².